The van der Waals surface area contributed by atoms with Crippen LogP contribution in [0.5, 0.6) is 0 Å². The Balaban J connectivity index is 2.07. The number of likely N-dealkylation sites (tertiary alicyclic amines) is 1. The number of para-hydroxylation sites is 1. The van der Waals surface area contributed by atoms with Gasteiger partial charge in [0.2, 0.25) is 0 Å². The minimum absolute atomic E-state index is 0.105. The fraction of sp³-hybridized carbons (Fsp3) is 0.579. The molecule has 28 heavy (non-hydrogen) atoms. The molecule has 0 saturated carbocycles. The van der Waals surface area contributed by atoms with Crippen molar-refractivity contribution in [3.63, 3.8) is 0 Å². The van der Waals surface area contributed by atoms with Crippen LogP contribution in [0.3, 0.4) is 0 Å². The third-order valence-electron chi connectivity index (χ3n) is 4.35. The Bertz CT molecular complexity index is 733. The molecule has 1 heterocycles. The summed E-state index contributed by atoms with van der Waals surface area (Å²) in [5, 5.41) is 11.9. The van der Waals surface area contributed by atoms with Crippen LogP contribution in [0.4, 0.5) is 10.5 Å². The van der Waals surface area contributed by atoms with Crippen LogP contribution in [0.15, 0.2) is 24.3 Å². The molecule has 1 fully saturated rings. The van der Waals surface area contributed by atoms with E-state index < -0.39 is 23.7 Å². The molecule has 0 aromatic heterocycles. The van der Waals surface area contributed by atoms with E-state index in [-0.39, 0.29) is 31.6 Å². The Morgan fingerprint density at radius 1 is 1.29 bits per heavy atom. The molecule has 8 nitrogen and oxygen atoms in total. The summed E-state index contributed by atoms with van der Waals surface area (Å²) in [6.45, 7) is 5.34. The van der Waals surface area contributed by atoms with Crippen LogP contribution in [0.2, 0.25) is 5.32 Å². The van der Waals surface area contributed by atoms with E-state index >= 15 is 0 Å². The van der Waals surface area contributed by atoms with Crippen LogP contribution in [0.25, 0.3) is 0 Å². The molecule has 0 radical (unpaired) electrons. The number of hydrogen-bond donors (Lipinski definition) is 0. The quantitative estimate of drug-likeness (QED) is 0.282. The number of nitro benzene ring substituents is 1. The molecule has 0 bridgehead atoms. The Morgan fingerprint density at radius 2 is 1.96 bits per heavy atom. The van der Waals surface area contributed by atoms with Crippen molar-refractivity contribution in [2.45, 2.75) is 63.0 Å². The van der Waals surface area contributed by atoms with Crippen LogP contribution in [-0.4, -0.2) is 61.6 Å². The predicted octanol–water partition coefficient (Wildman–Crippen LogP) is 2.67. The van der Waals surface area contributed by atoms with Crippen molar-refractivity contribution < 1.29 is 24.0 Å². The number of amides is 1. The number of rotatable bonds is 6. The summed E-state index contributed by atoms with van der Waals surface area (Å²) < 4.78 is 11.1. The van der Waals surface area contributed by atoms with Gasteiger partial charge in [-0.25, -0.2) is 0 Å². The first kappa shape index (κ1) is 22.2. The molecule has 1 aromatic carbocycles. The van der Waals surface area contributed by atoms with E-state index in [1.54, 1.807) is 39.0 Å². The molecule has 0 N–H and O–H groups in total. The van der Waals surface area contributed by atoms with E-state index in [0.717, 1.165) is 9.78 Å². The van der Waals surface area contributed by atoms with Gasteiger partial charge < -0.3 is 0 Å². The second-order valence-electron chi connectivity index (χ2n) is 7.52. The molecular weight excluding hydrogens is 431 g/mol. The normalized spacial score (nSPS) is 19.4. The van der Waals surface area contributed by atoms with Gasteiger partial charge in [0.15, 0.2) is 0 Å². The van der Waals surface area contributed by atoms with Crippen molar-refractivity contribution in [3.8, 4) is 0 Å². The minimum atomic E-state index is -0.667. The average Bonchev–Trinajstić information content (AvgIpc) is 3.04. The van der Waals surface area contributed by atoms with Gasteiger partial charge in [0.1, 0.15) is 0 Å². The molecule has 154 valence electrons. The summed E-state index contributed by atoms with van der Waals surface area (Å²) in [6, 6.07) is 5.93. The molecule has 0 spiro atoms. The van der Waals surface area contributed by atoms with E-state index in [2.05, 4.69) is 0 Å². The van der Waals surface area contributed by atoms with Crippen molar-refractivity contribution in [3.05, 3.63) is 34.4 Å². The zero-order chi connectivity index (χ0) is 20.9. The topological polar surface area (TPSA) is 99.0 Å². The molecule has 2 rings (SSSR count). The van der Waals surface area contributed by atoms with E-state index in [0.29, 0.717) is 19.3 Å². The van der Waals surface area contributed by atoms with Crippen LogP contribution in [0, 0.1) is 10.1 Å². The number of carbonyl (C=O) groups excluding carboxylic acids is 2. The third-order valence-corrected chi connectivity index (χ3v) is 6.65. The van der Waals surface area contributed by atoms with Gasteiger partial charge in [-0.05, 0) is 0 Å². The zero-order valence-electron chi connectivity index (χ0n) is 16.5. The molecule has 9 heteroatoms. The zero-order valence-corrected chi connectivity index (χ0v) is 18.3. The monoisotopic (exact) mass is 458 g/mol. The SMILES string of the molecule is COC(=O)[C@@H]1CC[C@H](CC[Se]c2ccccc2[N+](=O)[O-])N1C(=O)OC(C)(C)C. The summed E-state index contributed by atoms with van der Waals surface area (Å²) in [5.41, 5.74) is -0.537. The molecule has 1 saturated heterocycles. The molecule has 1 aliphatic rings. The first-order valence-corrected chi connectivity index (χ1v) is 11.2. The number of carbonyl (C=O) groups is 2. The maximum atomic E-state index is 12.7. The summed E-state index contributed by atoms with van der Waals surface area (Å²) >= 11 is -0.105. The number of methoxy groups -OCH3 is 1. The van der Waals surface area contributed by atoms with Crippen molar-refractivity contribution >= 4 is 37.2 Å². The number of nitrogens with zero attached hydrogens (tertiary/aromatic N) is 2. The number of nitro groups is 1. The van der Waals surface area contributed by atoms with Gasteiger partial charge >= 0.3 is 171 Å². The van der Waals surface area contributed by atoms with Crippen molar-refractivity contribution in [1.29, 1.82) is 0 Å². The van der Waals surface area contributed by atoms with Crippen LogP contribution in [-0.2, 0) is 14.3 Å². The van der Waals surface area contributed by atoms with E-state index in [9.17, 15) is 19.7 Å². The Kier molecular flexibility index (Phi) is 7.43. The third kappa shape index (κ3) is 5.69. The van der Waals surface area contributed by atoms with Gasteiger partial charge in [-0.3, -0.25) is 0 Å². The van der Waals surface area contributed by atoms with E-state index in [1.165, 1.54) is 18.1 Å². The molecule has 1 aliphatic heterocycles. The number of hydrogen-bond acceptors (Lipinski definition) is 6. The Morgan fingerprint density at radius 3 is 2.57 bits per heavy atom. The predicted molar refractivity (Wildman–Crippen MR) is 105 cm³/mol. The van der Waals surface area contributed by atoms with E-state index in [1.807, 2.05) is 0 Å². The molecule has 2 atom stereocenters. The van der Waals surface area contributed by atoms with Crippen LogP contribution >= 0.6 is 0 Å². The van der Waals surface area contributed by atoms with E-state index in [4.69, 9.17) is 9.47 Å². The Hall–Kier alpha value is -2.12. The van der Waals surface area contributed by atoms with Crippen LogP contribution in [0.1, 0.15) is 40.0 Å². The van der Waals surface area contributed by atoms with Crippen LogP contribution < -0.4 is 4.46 Å². The Labute approximate surface area is 170 Å². The second kappa shape index (κ2) is 9.39. The summed E-state index contributed by atoms with van der Waals surface area (Å²) in [4.78, 5) is 37.1. The van der Waals surface area contributed by atoms with Gasteiger partial charge in [0.05, 0.1) is 0 Å². The summed E-state index contributed by atoms with van der Waals surface area (Å²) in [5.74, 6) is -0.447. The number of esters is 1. The molecule has 0 aliphatic carbocycles. The second-order valence-corrected chi connectivity index (χ2v) is 9.90. The molecule has 1 amide bonds. The van der Waals surface area contributed by atoms with Gasteiger partial charge in [-0.2, -0.15) is 0 Å². The molecular formula is C19H26N2O6Se. The summed E-state index contributed by atoms with van der Waals surface area (Å²) in [6.07, 6.45) is 1.32. The first-order chi connectivity index (χ1) is 13.1. The van der Waals surface area contributed by atoms with Crippen molar-refractivity contribution in [1.82, 2.24) is 4.90 Å². The summed E-state index contributed by atoms with van der Waals surface area (Å²) in [7, 11) is 1.31. The first-order valence-electron chi connectivity index (χ1n) is 9.09. The standard InChI is InChI=1S/C19H26N2O6Se/c1-19(2,3)27-18(23)20-13(9-10-15(20)17(22)26-4)11-12-28-16-8-6-5-7-14(16)21(24)25/h5-8,13,15H,9-12H2,1-4H3/t13-,15+/m1/s1. The molecule has 0 unspecified atom stereocenters. The van der Waals surface area contributed by atoms with Gasteiger partial charge in [-0.1, -0.05) is 0 Å². The maximum absolute atomic E-state index is 12.7. The van der Waals surface area contributed by atoms with Gasteiger partial charge in [0, 0.05) is 0 Å². The van der Waals surface area contributed by atoms with Gasteiger partial charge in [0.25, 0.3) is 0 Å². The van der Waals surface area contributed by atoms with Gasteiger partial charge in [-0.15, -0.1) is 0 Å². The fourth-order valence-electron chi connectivity index (χ4n) is 3.16. The van der Waals surface area contributed by atoms with Crippen molar-refractivity contribution in [2.24, 2.45) is 0 Å². The van der Waals surface area contributed by atoms with Crippen molar-refractivity contribution in [2.75, 3.05) is 7.11 Å². The number of benzene rings is 1. The molecule has 1 aromatic rings. The fourth-order valence-corrected chi connectivity index (χ4v) is 5.42. The average molecular weight is 457 g/mol. The number of ether oxygens (including phenoxy) is 2.